The lowest BCUT2D eigenvalue weighted by Gasteiger charge is -2.07. The number of rotatable bonds is 2. The van der Waals surface area contributed by atoms with Gasteiger partial charge in [-0.1, -0.05) is 35.0 Å². The Hall–Kier alpha value is -1.99. The van der Waals surface area contributed by atoms with Gasteiger partial charge in [0.05, 0.1) is 11.6 Å². The molecule has 0 heterocycles. The van der Waals surface area contributed by atoms with E-state index in [9.17, 15) is 4.79 Å². The number of hydrogen-bond donors (Lipinski definition) is 2. The maximum absolute atomic E-state index is 12.1. The predicted molar refractivity (Wildman–Crippen MR) is 86.8 cm³/mol. The van der Waals surface area contributed by atoms with Crippen molar-refractivity contribution in [2.24, 2.45) is 5.73 Å². The van der Waals surface area contributed by atoms with Crippen molar-refractivity contribution in [1.29, 1.82) is 0 Å². The molecule has 2 aromatic carbocycles. The van der Waals surface area contributed by atoms with Crippen molar-refractivity contribution >= 4 is 34.8 Å². The van der Waals surface area contributed by atoms with E-state index in [1.165, 1.54) is 0 Å². The molecule has 2 rings (SSSR count). The van der Waals surface area contributed by atoms with E-state index < -0.39 is 0 Å². The van der Waals surface area contributed by atoms with E-state index in [2.05, 4.69) is 17.2 Å². The molecule has 5 heteroatoms. The summed E-state index contributed by atoms with van der Waals surface area (Å²) in [5.41, 5.74) is 7.09. The van der Waals surface area contributed by atoms with Crippen LogP contribution in [0.5, 0.6) is 0 Å². The zero-order valence-electron chi connectivity index (χ0n) is 11.0. The van der Waals surface area contributed by atoms with E-state index in [1.807, 2.05) is 0 Å². The van der Waals surface area contributed by atoms with Crippen molar-refractivity contribution in [1.82, 2.24) is 0 Å². The molecule has 0 aliphatic rings. The van der Waals surface area contributed by atoms with Crippen LogP contribution in [0.15, 0.2) is 42.5 Å². The fraction of sp³-hybridized carbons (Fsp3) is 0.0625. The number of nitrogens with two attached hydrogens (primary N) is 1. The normalized spacial score (nSPS) is 9.67. The second-order valence-electron chi connectivity index (χ2n) is 4.16. The third kappa shape index (κ3) is 4.24. The summed E-state index contributed by atoms with van der Waals surface area (Å²) < 4.78 is 0. The standard InChI is InChI=1S/C16H12Cl2N2O/c17-13-5-3-11(4-6-13)16(21)20-14-7-8-15(18)12(10-14)2-1-9-19/h3-8,10H,9,19H2,(H,20,21). The summed E-state index contributed by atoms with van der Waals surface area (Å²) in [5.74, 6) is 5.36. The Morgan fingerprint density at radius 3 is 2.52 bits per heavy atom. The number of carbonyl (C=O) groups is 1. The molecule has 0 fully saturated rings. The number of nitrogens with one attached hydrogen (secondary N) is 1. The van der Waals surface area contributed by atoms with Gasteiger partial charge in [-0.25, -0.2) is 0 Å². The van der Waals surface area contributed by atoms with E-state index in [0.717, 1.165) is 0 Å². The highest BCUT2D eigenvalue weighted by Crippen LogP contribution is 2.20. The van der Waals surface area contributed by atoms with E-state index in [4.69, 9.17) is 28.9 Å². The number of anilines is 1. The van der Waals surface area contributed by atoms with E-state index in [1.54, 1.807) is 42.5 Å². The molecule has 0 aliphatic heterocycles. The molecule has 0 spiro atoms. The topological polar surface area (TPSA) is 55.1 Å². The van der Waals surface area contributed by atoms with Crippen LogP contribution in [0, 0.1) is 11.8 Å². The largest absolute Gasteiger partial charge is 0.322 e. The van der Waals surface area contributed by atoms with Crippen molar-refractivity contribution in [3.8, 4) is 11.8 Å². The minimum atomic E-state index is -0.230. The van der Waals surface area contributed by atoms with E-state index in [-0.39, 0.29) is 12.5 Å². The first-order valence-corrected chi connectivity index (χ1v) is 6.91. The van der Waals surface area contributed by atoms with Gasteiger partial charge >= 0.3 is 0 Å². The summed E-state index contributed by atoms with van der Waals surface area (Å²) >= 11 is 11.8. The lowest BCUT2D eigenvalue weighted by atomic mass is 10.1. The Morgan fingerprint density at radius 2 is 1.86 bits per heavy atom. The van der Waals surface area contributed by atoms with Gasteiger partial charge in [0.1, 0.15) is 0 Å². The number of halogens is 2. The van der Waals surface area contributed by atoms with Crippen molar-refractivity contribution < 1.29 is 4.79 Å². The first-order valence-electron chi connectivity index (χ1n) is 6.15. The van der Waals surface area contributed by atoms with Gasteiger partial charge in [-0.2, -0.15) is 0 Å². The molecule has 0 bridgehead atoms. The molecule has 21 heavy (non-hydrogen) atoms. The predicted octanol–water partition coefficient (Wildman–Crippen LogP) is 3.56. The Labute approximate surface area is 133 Å². The van der Waals surface area contributed by atoms with Crippen LogP contribution in [0.4, 0.5) is 5.69 Å². The Kier molecular flexibility index (Phi) is 5.24. The number of carbonyl (C=O) groups excluding carboxylic acids is 1. The van der Waals surface area contributed by atoms with Gasteiger partial charge in [-0.3, -0.25) is 4.79 Å². The first kappa shape index (κ1) is 15.4. The maximum atomic E-state index is 12.1. The number of amides is 1. The SMILES string of the molecule is NCC#Cc1cc(NC(=O)c2ccc(Cl)cc2)ccc1Cl. The van der Waals surface area contributed by atoms with Crippen LogP contribution < -0.4 is 11.1 Å². The zero-order chi connectivity index (χ0) is 15.2. The quantitative estimate of drug-likeness (QED) is 0.832. The monoisotopic (exact) mass is 318 g/mol. The molecule has 3 nitrogen and oxygen atoms in total. The van der Waals surface area contributed by atoms with Crippen LogP contribution in [-0.4, -0.2) is 12.5 Å². The molecule has 0 aliphatic carbocycles. The highest BCUT2D eigenvalue weighted by molar-refractivity contribution is 6.32. The van der Waals surface area contributed by atoms with Gasteiger partial charge < -0.3 is 11.1 Å². The minimum absolute atomic E-state index is 0.230. The number of hydrogen-bond acceptors (Lipinski definition) is 2. The van der Waals surface area contributed by atoms with Crippen LogP contribution in [0.25, 0.3) is 0 Å². The smallest absolute Gasteiger partial charge is 0.255 e. The maximum Gasteiger partial charge on any atom is 0.255 e. The van der Waals surface area contributed by atoms with Gasteiger partial charge in [0.25, 0.3) is 5.91 Å². The van der Waals surface area contributed by atoms with Crippen molar-refractivity contribution in [3.05, 3.63) is 63.6 Å². The molecule has 0 unspecified atom stereocenters. The fourth-order valence-corrected chi connectivity index (χ4v) is 1.94. The molecule has 3 N–H and O–H groups in total. The molecule has 0 saturated heterocycles. The van der Waals surface area contributed by atoms with Crippen molar-refractivity contribution in [2.45, 2.75) is 0 Å². The average Bonchev–Trinajstić information content (AvgIpc) is 2.48. The Bertz CT molecular complexity index is 715. The molecule has 0 atom stereocenters. The van der Waals surface area contributed by atoms with Crippen molar-refractivity contribution in [3.63, 3.8) is 0 Å². The molecule has 2 aromatic rings. The fourth-order valence-electron chi connectivity index (χ4n) is 1.65. The molecular formula is C16H12Cl2N2O. The van der Waals surface area contributed by atoms with Gasteiger partial charge in [0.2, 0.25) is 0 Å². The van der Waals surface area contributed by atoms with Crippen LogP contribution >= 0.6 is 23.2 Å². The zero-order valence-corrected chi connectivity index (χ0v) is 12.5. The minimum Gasteiger partial charge on any atom is -0.322 e. The highest BCUT2D eigenvalue weighted by Gasteiger charge is 2.07. The third-order valence-electron chi connectivity index (χ3n) is 2.66. The lowest BCUT2D eigenvalue weighted by molar-refractivity contribution is 0.102. The summed E-state index contributed by atoms with van der Waals surface area (Å²) in [4.78, 5) is 12.1. The second-order valence-corrected chi connectivity index (χ2v) is 5.01. The molecule has 0 aromatic heterocycles. The summed E-state index contributed by atoms with van der Waals surface area (Å²) in [7, 11) is 0. The lowest BCUT2D eigenvalue weighted by Crippen LogP contribution is -2.11. The summed E-state index contributed by atoms with van der Waals surface area (Å²) in [6.45, 7) is 0.248. The first-order chi connectivity index (χ1) is 10.1. The van der Waals surface area contributed by atoms with Crippen molar-refractivity contribution in [2.75, 3.05) is 11.9 Å². The Balaban J connectivity index is 2.19. The second kappa shape index (κ2) is 7.14. The van der Waals surface area contributed by atoms with Crippen LogP contribution in [0.1, 0.15) is 15.9 Å². The number of benzene rings is 2. The molecular weight excluding hydrogens is 307 g/mol. The molecule has 0 saturated carbocycles. The van der Waals surface area contributed by atoms with Gasteiger partial charge in [-0.15, -0.1) is 0 Å². The van der Waals surface area contributed by atoms with Gasteiger partial charge in [-0.05, 0) is 42.5 Å². The average molecular weight is 319 g/mol. The summed E-state index contributed by atoms with van der Waals surface area (Å²) in [6, 6.07) is 11.7. The Morgan fingerprint density at radius 1 is 1.14 bits per heavy atom. The summed E-state index contributed by atoms with van der Waals surface area (Å²) in [5, 5.41) is 3.88. The van der Waals surface area contributed by atoms with Crippen LogP contribution in [0.2, 0.25) is 10.0 Å². The van der Waals surface area contributed by atoms with Gasteiger partial charge in [0, 0.05) is 21.8 Å². The molecule has 106 valence electrons. The highest BCUT2D eigenvalue weighted by atomic mass is 35.5. The third-order valence-corrected chi connectivity index (χ3v) is 3.24. The van der Waals surface area contributed by atoms with Crippen LogP contribution in [0.3, 0.4) is 0 Å². The van der Waals surface area contributed by atoms with Crippen LogP contribution in [-0.2, 0) is 0 Å². The molecule has 0 radical (unpaired) electrons. The molecule has 1 amide bonds. The van der Waals surface area contributed by atoms with Gasteiger partial charge in [0.15, 0.2) is 0 Å². The van der Waals surface area contributed by atoms with E-state index >= 15 is 0 Å². The van der Waals surface area contributed by atoms with E-state index in [0.29, 0.717) is 26.9 Å². The summed E-state index contributed by atoms with van der Waals surface area (Å²) in [6.07, 6.45) is 0.